The molecule has 20 heavy (non-hydrogen) atoms. The number of sulfonamides is 1. The topological polar surface area (TPSA) is 71.1 Å². The van der Waals surface area contributed by atoms with Crippen molar-refractivity contribution in [1.82, 2.24) is 9.71 Å². The van der Waals surface area contributed by atoms with Gasteiger partial charge in [0.05, 0.1) is 0 Å². The van der Waals surface area contributed by atoms with Gasteiger partial charge in [0, 0.05) is 19.8 Å². The molecule has 1 heterocycles. The second kappa shape index (κ2) is 7.04. The Hall–Kier alpha value is -1.14. The molecule has 0 amide bonds. The number of nitrogens with zero attached hydrogens (tertiary/aromatic N) is 1. The molecule has 0 aliphatic heterocycles. The average molecular weight is 297 g/mol. The van der Waals surface area contributed by atoms with Gasteiger partial charge in [-0.15, -0.1) is 0 Å². The molecule has 0 bridgehead atoms. The van der Waals surface area contributed by atoms with Crippen LogP contribution < -0.4 is 10.0 Å². The lowest BCUT2D eigenvalue weighted by Crippen LogP contribution is -2.25. The van der Waals surface area contributed by atoms with Crippen molar-refractivity contribution in [3.05, 3.63) is 18.3 Å². The Balaban J connectivity index is 1.80. The highest BCUT2D eigenvalue weighted by Gasteiger charge is 2.16. The van der Waals surface area contributed by atoms with Crippen LogP contribution in [0.1, 0.15) is 38.5 Å². The molecule has 0 radical (unpaired) electrons. The zero-order chi connectivity index (χ0) is 14.4. The van der Waals surface area contributed by atoms with Gasteiger partial charge in [0.1, 0.15) is 10.7 Å². The first-order chi connectivity index (χ1) is 9.62. The van der Waals surface area contributed by atoms with Gasteiger partial charge < -0.3 is 5.32 Å². The molecular weight excluding hydrogens is 274 g/mol. The van der Waals surface area contributed by atoms with Gasteiger partial charge in [0.15, 0.2) is 0 Å². The molecule has 0 unspecified atom stereocenters. The number of hydrogen-bond donors (Lipinski definition) is 2. The van der Waals surface area contributed by atoms with Crippen LogP contribution in [-0.4, -0.2) is 27.0 Å². The van der Waals surface area contributed by atoms with E-state index in [1.54, 1.807) is 19.2 Å². The summed E-state index contributed by atoms with van der Waals surface area (Å²) >= 11 is 0. The van der Waals surface area contributed by atoms with Gasteiger partial charge in [0.25, 0.3) is 0 Å². The fourth-order valence-corrected chi connectivity index (χ4v) is 3.69. The Labute approximate surface area is 121 Å². The van der Waals surface area contributed by atoms with Crippen molar-refractivity contribution in [2.24, 2.45) is 5.92 Å². The van der Waals surface area contributed by atoms with Gasteiger partial charge in [-0.2, -0.15) is 0 Å². The van der Waals surface area contributed by atoms with Crippen LogP contribution in [0.2, 0.25) is 0 Å². The number of anilines is 1. The first kappa shape index (κ1) is 15.3. The van der Waals surface area contributed by atoms with Crippen LogP contribution in [0.5, 0.6) is 0 Å². The van der Waals surface area contributed by atoms with E-state index in [1.807, 2.05) is 0 Å². The molecule has 112 valence electrons. The highest BCUT2D eigenvalue weighted by Crippen LogP contribution is 2.28. The van der Waals surface area contributed by atoms with Crippen LogP contribution in [-0.2, 0) is 10.0 Å². The first-order valence-electron chi connectivity index (χ1n) is 7.25. The molecule has 1 fully saturated rings. The summed E-state index contributed by atoms with van der Waals surface area (Å²) in [5, 5.41) is 2.86. The minimum atomic E-state index is -3.42. The quantitative estimate of drug-likeness (QED) is 0.758. The SMILES string of the molecule is CNc1ccc(S(=O)(=O)NCCCC2CCCC2)cn1. The second-order valence-corrected chi connectivity index (χ2v) is 7.09. The number of pyridine rings is 1. The maximum Gasteiger partial charge on any atom is 0.242 e. The number of hydrogen-bond acceptors (Lipinski definition) is 4. The number of nitrogens with one attached hydrogen (secondary N) is 2. The van der Waals surface area contributed by atoms with Crippen molar-refractivity contribution >= 4 is 15.8 Å². The van der Waals surface area contributed by atoms with Gasteiger partial charge in [0.2, 0.25) is 10.0 Å². The maximum atomic E-state index is 12.1. The average Bonchev–Trinajstić information content (AvgIpc) is 2.97. The van der Waals surface area contributed by atoms with E-state index in [0.29, 0.717) is 12.4 Å². The van der Waals surface area contributed by atoms with Crippen molar-refractivity contribution < 1.29 is 8.42 Å². The third-order valence-electron chi connectivity index (χ3n) is 3.86. The van der Waals surface area contributed by atoms with Crippen molar-refractivity contribution in [2.45, 2.75) is 43.4 Å². The molecule has 1 saturated carbocycles. The van der Waals surface area contributed by atoms with Gasteiger partial charge in [-0.1, -0.05) is 25.7 Å². The van der Waals surface area contributed by atoms with Crippen molar-refractivity contribution in [2.75, 3.05) is 18.9 Å². The Morgan fingerprint density at radius 3 is 2.65 bits per heavy atom. The fraction of sp³-hybridized carbons (Fsp3) is 0.643. The van der Waals surface area contributed by atoms with Crippen LogP contribution in [0.15, 0.2) is 23.2 Å². The predicted octanol–water partition coefficient (Wildman–Crippen LogP) is 2.37. The molecule has 1 aliphatic carbocycles. The van der Waals surface area contributed by atoms with Gasteiger partial charge in [-0.05, 0) is 30.9 Å². The first-order valence-corrected chi connectivity index (χ1v) is 8.73. The molecule has 1 aromatic heterocycles. The maximum absolute atomic E-state index is 12.1. The van der Waals surface area contributed by atoms with Crippen LogP contribution in [0.4, 0.5) is 5.82 Å². The zero-order valence-electron chi connectivity index (χ0n) is 11.9. The molecule has 1 aromatic rings. The summed E-state index contributed by atoms with van der Waals surface area (Å²) in [6.45, 7) is 0.507. The minimum absolute atomic E-state index is 0.220. The van der Waals surface area contributed by atoms with Crippen molar-refractivity contribution in [3.63, 3.8) is 0 Å². The normalized spacial score (nSPS) is 16.4. The summed E-state index contributed by atoms with van der Waals surface area (Å²) in [5.74, 6) is 1.46. The van der Waals surface area contributed by atoms with Gasteiger partial charge in [-0.25, -0.2) is 18.1 Å². The lowest BCUT2D eigenvalue weighted by Gasteiger charge is -2.10. The largest absolute Gasteiger partial charge is 0.373 e. The summed E-state index contributed by atoms with van der Waals surface area (Å²) in [5.41, 5.74) is 0. The number of aromatic nitrogens is 1. The molecule has 2 rings (SSSR count). The van der Waals surface area contributed by atoms with Crippen LogP contribution >= 0.6 is 0 Å². The zero-order valence-corrected chi connectivity index (χ0v) is 12.7. The van der Waals surface area contributed by atoms with Crippen molar-refractivity contribution in [1.29, 1.82) is 0 Å². The summed E-state index contributed by atoms with van der Waals surface area (Å²) in [4.78, 5) is 4.24. The summed E-state index contributed by atoms with van der Waals surface area (Å²) < 4.78 is 26.8. The predicted molar refractivity (Wildman–Crippen MR) is 80.2 cm³/mol. The fourth-order valence-electron chi connectivity index (χ4n) is 2.67. The Bertz CT molecular complexity index is 508. The lowest BCUT2D eigenvalue weighted by molar-refractivity contribution is 0.480. The van der Waals surface area contributed by atoms with Crippen LogP contribution in [0, 0.1) is 5.92 Å². The van der Waals surface area contributed by atoms with Crippen LogP contribution in [0.25, 0.3) is 0 Å². The van der Waals surface area contributed by atoms with Crippen molar-refractivity contribution in [3.8, 4) is 0 Å². The van der Waals surface area contributed by atoms with E-state index in [1.165, 1.54) is 31.9 Å². The summed E-state index contributed by atoms with van der Waals surface area (Å²) in [6.07, 6.45) is 8.70. The third-order valence-corrected chi connectivity index (χ3v) is 5.31. The molecule has 5 nitrogen and oxygen atoms in total. The van der Waals surface area contributed by atoms with Gasteiger partial charge in [-0.3, -0.25) is 0 Å². The molecule has 6 heteroatoms. The lowest BCUT2D eigenvalue weighted by atomic mass is 10.0. The molecule has 0 atom stereocenters. The molecule has 0 saturated heterocycles. The smallest absolute Gasteiger partial charge is 0.242 e. The highest BCUT2D eigenvalue weighted by atomic mass is 32.2. The summed E-state index contributed by atoms with van der Waals surface area (Å²) in [7, 11) is -1.67. The Kier molecular flexibility index (Phi) is 5.37. The molecule has 1 aliphatic rings. The molecule has 2 N–H and O–H groups in total. The monoisotopic (exact) mass is 297 g/mol. The molecular formula is C14H23N3O2S. The minimum Gasteiger partial charge on any atom is -0.373 e. The third kappa shape index (κ3) is 4.18. The van der Waals surface area contributed by atoms with Gasteiger partial charge >= 0.3 is 0 Å². The van der Waals surface area contributed by atoms with E-state index in [2.05, 4.69) is 15.0 Å². The summed E-state index contributed by atoms with van der Waals surface area (Å²) in [6, 6.07) is 3.23. The van der Waals surface area contributed by atoms with Crippen LogP contribution in [0.3, 0.4) is 0 Å². The van der Waals surface area contributed by atoms with E-state index >= 15 is 0 Å². The molecule has 0 aromatic carbocycles. The van der Waals surface area contributed by atoms with E-state index in [4.69, 9.17) is 0 Å². The Morgan fingerprint density at radius 2 is 2.05 bits per heavy atom. The standard InChI is InChI=1S/C14H23N3O2S/c1-15-14-9-8-13(11-16-14)20(18,19)17-10-4-7-12-5-2-3-6-12/h8-9,11-12,17H,2-7,10H2,1H3,(H,15,16). The number of rotatable bonds is 7. The second-order valence-electron chi connectivity index (χ2n) is 5.32. The Morgan fingerprint density at radius 1 is 1.30 bits per heavy atom. The molecule has 0 spiro atoms. The van der Waals surface area contributed by atoms with E-state index in [9.17, 15) is 8.42 Å². The van der Waals surface area contributed by atoms with E-state index in [-0.39, 0.29) is 4.90 Å². The van der Waals surface area contributed by atoms with E-state index in [0.717, 1.165) is 18.8 Å². The highest BCUT2D eigenvalue weighted by molar-refractivity contribution is 7.89. The van der Waals surface area contributed by atoms with E-state index < -0.39 is 10.0 Å².